The number of nitro groups is 1. The molecule has 3 aromatic rings. The number of nitrogens with one attached hydrogen (secondary N) is 2. The fourth-order valence-electron chi connectivity index (χ4n) is 3.42. The van der Waals surface area contributed by atoms with Gasteiger partial charge in [-0.15, -0.1) is 0 Å². The molecular weight excluding hydrogens is 454 g/mol. The Morgan fingerprint density at radius 2 is 1.54 bits per heavy atom. The zero-order chi connectivity index (χ0) is 25.9. The SMILES string of the molecule is Cn1cc(NC(=O)c2cc([N+](=O)[O-])cn2C)cc1C(=O)Nc1cccc(CC(=O)OC(C)(C)C)c1. The number of nitrogens with zero attached hydrogens (tertiary/aromatic N) is 3. The summed E-state index contributed by atoms with van der Waals surface area (Å²) < 4.78 is 8.24. The van der Waals surface area contributed by atoms with Crippen molar-refractivity contribution in [1.82, 2.24) is 9.13 Å². The van der Waals surface area contributed by atoms with E-state index in [9.17, 15) is 24.5 Å². The highest BCUT2D eigenvalue weighted by molar-refractivity contribution is 6.07. The van der Waals surface area contributed by atoms with Gasteiger partial charge in [-0.25, -0.2) is 0 Å². The van der Waals surface area contributed by atoms with Crippen molar-refractivity contribution >= 4 is 34.8 Å². The van der Waals surface area contributed by atoms with Gasteiger partial charge in [0.05, 0.1) is 23.2 Å². The molecule has 11 heteroatoms. The maximum atomic E-state index is 12.8. The summed E-state index contributed by atoms with van der Waals surface area (Å²) in [5.41, 5.74) is 1.14. The summed E-state index contributed by atoms with van der Waals surface area (Å²) in [6.45, 7) is 5.38. The van der Waals surface area contributed by atoms with Crippen LogP contribution in [0, 0.1) is 10.1 Å². The summed E-state index contributed by atoms with van der Waals surface area (Å²) in [5, 5.41) is 16.4. The van der Waals surface area contributed by atoms with Gasteiger partial charge in [-0.05, 0) is 44.5 Å². The van der Waals surface area contributed by atoms with E-state index < -0.39 is 22.3 Å². The highest BCUT2D eigenvalue weighted by Crippen LogP contribution is 2.20. The molecule has 0 unspecified atom stereocenters. The second kappa shape index (κ2) is 9.84. The molecule has 3 rings (SSSR count). The zero-order valence-electron chi connectivity index (χ0n) is 20.1. The van der Waals surface area contributed by atoms with Gasteiger partial charge in [0.25, 0.3) is 17.5 Å². The molecule has 0 bridgehead atoms. The predicted molar refractivity (Wildman–Crippen MR) is 129 cm³/mol. The van der Waals surface area contributed by atoms with Crippen LogP contribution < -0.4 is 10.6 Å². The van der Waals surface area contributed by atoms with E-state index in [1.165, 1.54) is 29.9 Å². The van der Waals surface area contributed by atoms with Gasteiger partial charge in [0.1, 0.15) is 17.0 Å². The third-order valence-electron chi connectivity index (χ3n) is 4.88. The van der Waals surface area contributed by atoms with E-state index in [0.717, 1.165) is 0 Å². The molecule has 184 valence electrons. The van der Waals surface area contributed by atoms with Crippen LogP contribution in [0.3, 0.4) is 0 Å². The standard InChI is InChI=1S/C24H27N5O6/c1-24(2,3)35-21(30)10-15-7-6-8-16(9-15)25-22(31)19-11-17(13-27(19)4)26-23(32)20-12-18(29(33)34)14-28(20)5/h6-9,11-14H,10H2,1-5H3,(H,25,31)(H,26,32). The average molecular weight is 482 g/mol. The highest BCUT2D eigenvalue weighted by atomic mass is 16.6. The van der Waals surface area contributed by atoms with Crippen LogP contribution in [0.5, 0.6) is 0 Å². The van der Waals surface area contributed by atoms with Gasteiger partial charge in [0.15, 0.2) is 0 Å². The van der Waals surface area contributed by atoms with Crippen molar-refractivity contribution in [2.24, 2.45) is 14.1 Å². The summed E-state index contributed by atoms with van der Waals surface area (Å²) in [7, 11) is 3.18. The Morgan fingerprint density at radius 1 is 0.943 bits per heavy atom. The summed E-state index contributed by atoms with van der Waals surface area (Å²) in [4.78, 5) is 47.9. The van der Waals surface area contributed by atoms with Crippen molar-refractivity contribution in [1.29, 1.82) is 0 Å². The Morgan fingerprint density at radius 3 is 2.14 bits per heavy atom. The molecule has 0 atom stereocenters. The highest BCUT2D eigenvalue weighted by Gasteiger charge is 2.20. The number of carbonyl (C=O) groups is 3. The number of aromatic nitrogens is 2. The quantitative estimate of drug-likeness (QED) is 0.300. The van der Waals surface area contributed by atoms with Gasteiger partial charge in [-0.2, -0.15) is 0 Å². The van der Waals surface area contributed by atoms with E-state index in [1.807, 2.05) is 0 Å². The van der Waals surface area contributed by atoms with E-state index >= 15 is 0 Å². The summed E-state index contributed by atoms with van der Waals surface area (Å²) in [6.07, 6.45) is 2.87. The molecule has 11 nitrogen and oxygen atoms in total. The van der Waals surface area contributed by atoms with Gasteiger partial charge < -0.3 is 24.5 Å². The Kier molecular flexibility index (Phi) is 7.09. The van der Waals surface area contributed by atoms with Crippen molar-refractivity contribution in [3.63, 3.8) is 0 Å². The van der Waals surface area contributed by atoms with Crippen LogP contribution in [0.25, 0.3) is 0 Å². The first-order chi connectivity index (χ1) is 16.3. The Bertz CT molecular complexity index is 1300. The maximum absolute atomic E-state index is 12.8. The third-order valence-corrected chi connectivity index (χ3v) is 4.88. The van der Waals surface area contributed by atoms with Crippen LogP contribution in [-0.4, -0.2) is 37.4 Å². The number of ether oxygens (including phenoxy) is 1. The second-order valence-corrected chi connectivity index (χ2v) is 9.05. The van der Waals surface area contributed by atoms with Gasteiger partial charge in [0.2, 0.25) is 0 Å². The molecule has 0 spiro atoms. The van der Waals surface area contributed by atoms with Crippen LogP contribution >= 0.6 is 0 Å². The number of rotatable bonds is 7. The Labute approximate surface area is 201 Å². The van der Waals surface area contributed by atoms with Crippen molar-refractivity contribution in [2.75, 3.05) is 10.6 Å². The lowest BCUT2D eigenvalue weighted by atomic mass is 10.1. The number of benzene rings is 1. The smallest absolute Gasteiger partial charge is 0.310 e. The first-order valence-electron chi connectivity index (χ1n) is 10.7. The van der Waals surface area contributed by atoms with Crippen LogP contribution in [0.2, 0.25) is 0 Å². The minimum atomic E-state index is -0.586. The van der Waals surface area contributed by atoms with E-state index in [-0.39, 0.29) is 29.5 Å². The first kappa shape index (κ1) is 25.2. The molecular formula is C24H27N5O6. The molecule has 2 amide bonds. The molecule has 0 saturated heterocycles. The number of anilines is 2. The molecule has 0 radical (unpaired) electrons. The molecule has 0 aliphatic rings. The average Bonchev–Trinajstić information content (AvgIpc) is 3.29. The lowest BCUT2D eigenvalue weighted by Crippen LogP contribution is -2.24. The molecule has 2 N–H and O–H groups in total. The van der Waals surface area contributed by atoms with Crippen molar-refractivity contribution in [2.45, 2.75) is 32.8 Å². The van der Waals surface area contributed by atoms with E-state index in [1.54, 1.807) is 62.8 Å². The summed E-state index contributed by atoms with van der Waals surface area (Å²) in [6, 6.07) is 9.56. The van der Waals surface area contributed by atoms with Gasteiger partial charge in [-0.1, -0.05) is 12.1 Å². The monoisotopic (exact) mass is 481 g/mol. The Balaban J connectivity index is 1.68. The van der Waals surface area contributed by atoms with E-state index in [4.69, 9.17) is 4.74 Å². The van der Waals surface area contributed by atoms with Crippen LogP contribution in [0.1, 0.15) is 47.3 Å². The Hall–Kier alpha value is -4.41. The van der Waals surface area contributed by atoms with E-state index in [0.29, 0.717) is 16.9 Å². The molecule has 0 aliphatic carbocycles. The first-order valence-corrected chi connectivity index (χ1v) is 10.7. The lowest BCUT2D eigenvalue weighted by Gasteiger charge is -2.19. The van der Waals surface area contributed by atoms with E-state index in [2.05, 4.69) is 10.6 Å². The van der Waals surface area contributed by atoms with Crippen LogP contribution in [-0.2, 0) is 30.0 Å². The zero-order valence-corrected chi connectivity index (χ0v) is 20.1. The molecule has 0 fully saturated rings. The molecule has 1 aromatic carbocycles. The molecule has 0 aliphatic heterocycles. The van der Waals surface area contributed by atoms with Gasteiger partial charge >= 0.3 is 5.97 Å². The number of amides is 2. The minimum absolute atomic E-state index is 0.0681. The van der Waals surface area contributed by atoms with Crippen molar-refractivity contribution in [3.05, 3.63) is 75.9 Å². The lowest BCUT2D eigenvalue weighted by molar-refractivity contribution is -0.384. The summed E-state index contributed by atoms with van der Waals surface area (Å²) in [5.74, 6) is -1.34. The number of esters is 1. The molecule has 2 heterocycles. The van der Waals surface area contributed by atoms with Gasteiger partial charge in [0, 0.05) is 32.0 Å². The maximum Gasteiger partial charge on any atom is 0.310 e. The number of carbonyl (C=O) groups excluding carboxylic acids is 3. The topological polar surface area (TPSA) is 137 Å². The summed E-state index contributed by atoms with van der Waals surface area (Å²) >= 11 is 0. The van der Waals surface area contributed by atoms with Crippen molar-refractivity contribution in [3.8, 4) is 0 Å². The predicted octanol–water partition coefficient (Wildman–Crippen LogP) is 3.66. The fourth-order valence-corrected chi connectivity index (χ4v) is 3.42. The molecule has 2 aromatic heterocycles. The molecule has 0 saturated carbocycles. The number of aryl methyl sites for hydroxylation is 2. The molecule has 35 heavy (non-hydrogen) atoms. The van der Waals surface area contributed by atoms with Gasteiger partial charge in [-0.3, -0.25) is 24.5 Å². The minimum Gasteiger partial charge on any atom is -0.460 e. The fraction of sp³-hybridized carbons (Fsp3) is 0.292. The second-order valence-electron chi connectivity index (χ2n) is 9.05. The number of hydrogen-bond acceptors (Lipinski definition) is 6. The number of hydrogen-bond donors (Lipinski definition) is 2. The van der Waals surface area contributed by atoms with Crippen LogP contribution in [0.15, 0.2) is 48.8 Å². The normalized spacial score (nSPS) is 11.1. The van der Waals surface area contributed by atoms with Crippen molar-refractivity contribution < 1.29 is 24.0 Å². The third kappa shape index (κ3) is 6.56. The largest absolute Gasteiger partial charge is 0.460 e. The van der Waals surface area contributed by atoms with Crippen LogP contribution in [0.4, 0.5) is 17.1 Å².